The van der Waals surface area contributed by atoms with E-state index in [-0.39, 0.29) is 0 Å². The maximum atomic E-state index is 12.2. The normalized spacial score (nSPS) is 13.1. The lowest BCUT2D eigenvalue weighted by Crippen LogP contribution is -2.16. The lowest BCUT2D eigenvalue weighted by Gasteiger charge is -2.14. The quantitative estimate of drug-likeness (QED) is 0.635. The zero-order chi connectivity index (χ0) is 10.8. The molecule has 0 heterocycles. The van der Waals surface area contributed by atoms with Crippen molar-refractivity contribution in [3.05, 3.63) is 40.9 Å². The van der Waals surface area contributed by atoms with Crippen LogP contribution in [0.4, 0.5) is 12.9 Å². The Morgan fingerprint density at radius 2 is 1.64 bits per heavy atom. The van der Waals surface area contributed by atoms with E-state index in [0.29, 0.717) is 5.56 Å². The highest BCUT2D eigenvalue weighted by Gasteiger charge is 2.24. The van der Waals surface area contributed by atoms with Crippen molar-refractivity contribution in [1.29, 1.82) is 0 Å². The molecule has 0 aromatic heterocycles. The predicted octanol–water partition coefficient (Wildman–Crippen LogP) is 3.78. The average molecular weight is 199 g/mol. The summed E-state index contributed by atoms with van der Waals surface area (Å²) in [6, 6.07) is 6.95. The van der Waals surface area contributed by atoms with E-state index in [1.807, 2.05) is 6.92 Å². The van der Waals surface area contributed by atoms with Crippen LogP contribution in [0.1, 0.15) is 18.1 Å². The van der Waals surface area contributed by atoms with Crippen LogP contribution in [0.3, 0.4) is 0 Å². The van der Waals surface area contributed by atoms with Gasteiger partial charge in [0.2, 0.25) is 0 Å². The minimum absolute atomic E-state index is 0.520. The van der Waals surface area contributed by atoms with Crippen LogP contribution in [0.25, 0.3) is 6.08 Å². The van der Waals surface area contributed by atoms with Crippen molar-refractivity contribution in [2.24, 2.45) is 0 Å². The molecule has 1 aromatic rings. The van der Waals surface area contributed by atoms with Crippen molar-refractivity contribution in [2.45, 2.75) is 13.8 Å². The molecule has 1 rings (SSSR count). The second-order valence-corrected chi connectivity index (χ2v) is 3.37. The van der Waals surface area contributed by atoms with E-state index >= 15 is 0 Å². The SMILES string of the molecule is C/C(=C\c1ccc(C)cc1)[B-](F)(F)F. The third kappa shape index (κ3) is 2.94. The van der Waals surface area contributed by atoms with Gasteiger partial charge in [-0.2, -0.15) is 0 Å². The fourth-order valence-electron chi connectivity index (χ4n) is 1.02. The second kappa shape index (κ2) is 3.90. The van der Waals surface area contributed by atoms with Crippen LogP contribution in [0.2, 0.25) is 0 Å². The summed E-state index contributed by atoms with van der Waals surface area (Å²) in [6.45, 7) is -1.85. The summed E-state index contributed by atoms with van der Waals surface area (Å²) >= 11 is 0. The van der Waals surface area contributed by atoms with E-state index in [0.717, 1.165) is 12.5 Å². The molecule has 0 radical (unpaired) electrons. The highest BCUT2D eigenvalue weighted by Crippen LogP contribution is 2.21. The molecule has 0 amide bonds. The van der Waals surface area contributed by atoms with E-state index in [4.69, 9.17) is 0 Å². The third-order valence-corrected chi connectivity index (χ3v) is 1.99. The van der Waals surface area contributed by atoms with Crippen LogP contribution in [0.15, 0.2) is 29.7 Å². The average Bonchev–Trinajstić information content (AvgIpc) is 2.07. The summed E-state index contributed by atoms with van der Waals surface area (Å²) in [5.41, 5.74) is 1.11. The van der Waals surface area contributed by atoms with Gasteiger partial charge in [-0.15, -0.1) is 5.47 Å². The summed E-state index contributed by atoms with van der Waals surface area (Å²) in [5.74, 6) is 0. The first kappa shape index (κ1) is 10.9. The van der Waals surface area contributed by atoms with Gasteiger partial charge in [0.25, 0.3) is 0 Å². The Morgan fingerprint density at radius 1 is 1.14 bits per heavy atom. The molecule has 0 spiro atoms. The van der Waals surface area contributed by atoms with Crippen molar-refractivity contribution >= 4 is 13.1 Å². The molecule has 0 atom stereocenters. The maximum Gasteiger partial charge on any atom is 0.505 e. The second-order valence-electron chi connectivity index (χ2n) is 3.37. The molecule has 0 unspecified atom stereocenters. The van der Waals surface area contributed by atoms with Crippen molar-refractivity contribution in [2.75, 3.05) is 0 Å². The lowest BCUT2D eigenvalue weighted by molar-refractivity contribution is 0.491. The van der Waals surface area contributed by atoms with Crippen molar-refractivity contribution in [3.63, 3.8) is 0 Å². The van der Waals surface area contributed by atoms with E-state index in [1.54, 1.807) is 24.3 Å². The lowest BCUT2D eigenvalue weighted by atomic mass is 9.79. The van der Waals surface area contributed by atoms with Gasteiger partial charge in [0.05, 0.1) is 0 Å². The summed E-state index contributed by atoms with van der Waals surface area (Å²) in [6.07, 6.45) is 1.17. The largest absolute Gasteiger partial charge is 0.505 e. The first-order valence-electron chi connectivity index (χ1n) is 4.34. The summed E-state index contributed by atoms with van der Waals surface area (Å²) in [7, 11) is 0. The number of benzene rings is 1. The molecular weight excluding hydrogens is 188 g/mol. The Bertz CT molecular complexity index is 335. The maximum absolute atomic E-state index is 12.2. The van der Waals surface area contributed by atoms with Crippen LogP contribution < -0.4 is 0 Å². The van der Waals surface area contributed by atoms with Gasteiger partial charge in [0.15, 0.2) is 0 Å². The van der Waals surface area contributed by atoms with Gasteiger partial charge in [-0.3, -0.25) is 0 Å². The topological polar surface area (TPSA) is 0 Å². The van der Waals surface area contributed by atoms with E-state index in [9.17, 15) is 12.9 Å². The zero-order valence-corrected chi connectivity index (χ0v) is 8.10. The molecule has 0 fully saturated rings. The summed E-state index contributed by atoms with van der Waals surface area (Å²) < 4.78 is 36.6. The Kier molecular flexibility index (Phi) is 3.04. The zero-order valence-electron chi connectivity index (χ0n) is 8.10. The third-order valence-electron chi connectivity index (χ3n) is 1.99. The van der Waals surface area contributed by atoms with Gasteiger partial charge < -0.3 is 12.9 Å². The highest BCUT2D eigenvalue weighted by atomic mass is 19.4. The number of hydrogen-bond donors (Lipinski definition) is 0. The van der Waals surface area contributed by atoms with Gasteiger partial charge in [-0.05, 0) is 12.5 Å². The molecule has 0 aliphatic carbocycles. The van der Waals surface area contributed by atoms with E-state index < -0.39 is 12.4 Å². The molecule has 0 saturated carbocycles. The van der Waals surface area contributed by atoms with Gasteiger partial charge in [-0.1, -0.05) is 42.8 Å². The number of hydrogen-bond acceptors (Lipinski definition) is 0. The van der Waals surface area contributed by atoms with Crippen molar-refractivity contribution in [3.8, 4) is 0 Å². The van der Waals surface area contributed by atoms with Gasteiger partial charge in [-0.25, -0.2) is 0 Å². The first-order chi connectivity index (χ1) is 6.39. The molecular formula is C10H11BF3-. The Labute approximate surface area is 81.5 Å². The van der Waals surface area contributed by atoms with Crippen LogP contribution in [0.5, 0.6) is 0 Å². The Hall–Kier alpha value is -1.19. The standard InChI is InChI=1S/C10H11BF3/c1-8-3-5-10(6-4-8)7-9(2)11(12,13)14/h3-7H,1-2H3/q-1/b9-7+. The Balaban J connectivity index is 2.93. The van der Waals surface area contributed by atoms with E-state index in [2.05, 4.69) is 0 Å². The predicted molar refractivity (Wildman–Crippen MR) is 53.9 cm³/mol. The smallest absolute Gasteiger partial charge is 0.445 e. The first-order valence-corrected chi connectivity index (χ1v) is 4.34. The number of allylic oxidation sites excluding steroid dienone is 1. The van der Waals surface area contributed by atoms with Crippen LogP contribution in [-0.4, -0.2) is 6.98 Å². The molecule has 14 heavy (non-hydrogen) atoms. The number of aryl methyl sites for hydroxylation is 1. The minimum Gasteiger partial charge on any atom is -0.445 e. The molecule has 0 aliphatic heterocycles. The van der Waals surface area contributed by atoms with Gasteiger partial charge in [0, 0.05) is 0 Å². The minimum atomic E-state index is -4.85. The fourth-order valence-corrected chi connectivity index (χ4v) is 1.02. The highest BCUT2D eigenvalue weighted by molar-refractivity contribution is 6.67. The Morgan fingerprint density at radius 3 is 2.07 bits per heavy atom. The molecule has 0 bridgehead atoms. The molecule has 76 valence electrons. The fraction of sp³-hybridized carbons (Fsp3) is 0.200. The monoisotopic (exact) mass is 199 g/mol. The van der Waals surface area contributed by atoms with Crippen LogP contribution in [-0.2, 0) is 0 Å². The van der Waals surface area contributed by atoms with E-state index in [1.165, 1.54) is 6.08 Å². The summed E-state index contributed by atoms with van der Waals surface area (Å²) in [5, 5.41) is 0. The summed E-state index contributed by atoms with van der Waals surface area (Å²) in [4.78, 5) is 0. The molecule has 0 aliphatic rings. The van der Waals surface area contributed by atoms with Gasteiger partial charge in [0.1, 0.15) is 0 Å². The number of halogens is 3. The molecule has 1 aromatic carbocycles. The molecule has 0 saturated heterocycles. The molecule has 4 heteroatoms. The molecule has 0 N–H and O–H groups in total. The number of rotatable bonds is 2. The molecule has 0 nitrogen and oxygen atoms in total. The van der Waals surface area contributed by atoms with Gasteiger partial charge >= 0.3 is 6.98 Å². The van der Waals surface area contributed by atoms with Crippen molar-refractivity contribution in [1.82, 2.24) is 0 Å². The van der Waals surface area contributed by atoms with Crippen LogP contribution in [0, 0.1) is 6.92 Å². The van der Waals surface area contributed by atoms with Crippen LogP contribution >= 0.6 is 0 Å². The van der Waals surface area contributed by atoms with Crippen molar-refractivity contribution < 1.29 is 12.9 Å².